The number of benzene rings is 1. The summed E-state index contributed by atoms with van der Waals surface area (Å²) in [6, 6.07) is 6.91. The van der Waals surface area contributed by atoms with Gasteiger partial charge in [-0.05, 0) is 43.2 Å². The van der Waals surface area contributed by atoms with E-state index in [1.165, 1.54) is 6.08 Å². The number of hydrogen-bond acceptors (Lipinski definition) is 3. The predicted molar refractivity (Wildman–Crippen MR) is 75.9 cm³/mol. The van der Waals surface area contributed by atoms with E-state index in [-0.39, 0.29) is 0 Å². The Morgan fingerprint density at radius 2 is 2.00 bits per heavy atom. The molecule has 19 heavy (non-hydrogen) atoms. The van der Waals surface area contributed by atoms with E-state index in [2.05, 4.69) is 0 Å². The van der Waals surface area contributed by atoms with Crippen LogP contribution in [0.4, 0.5) is 0 Å². The molecule has 0 fully saturated rings. The molecule has 1 rings (SSSR count). The van der Waals surface area contributed by atoms with Gasteiger partial charge in [-0.2, -0.15) is 0 Å². The fourth-order valence-corrected chi connectivity index (χ4v) is 1.66. The highest BCUT2D eigenvalue weighted by Gasteiger charge is 2.10. The smallest absolute Gasteiger partial charge is 0.330 e. The number of hydrogen-bond donors (Lipinski definition) is 1. The molecule has 1 N–H and O–H groups in total. The van der Waals surface area contributed by atoms with Gasteiger partial charge in [0.05, 0.1) is 6.61 Å². The third-order valence-electron chi connectivity index (χ3n) is 2.53. The minimum Gasteiger partial charge on any atom is -0.463 e. The molecule has 1 aromatic rings. The summed E-state index contributed by atoms with van der Waals surface area (Å²) >= 11 is 5.80. The second-order valence-corrected chi connectivity index (χ2v) is 4.26. The molecule has 0 heterocycles. The van der Waals surface area contributed by atoms with Gasteiger partial charge in [-0.15, -0.1) is 0 Å². The average molecular weight is 281 g/mol. The van der Waals surface area contributed by atoms with Crippen molar-refractivity contribution < 1.29 is 14.6 Å². The Kier molecular flexibility index (Phi) is 6.33. The van der Waals surface area contributed by atoms with Gasteiger partial charge in [0.1, 0.15) is 6.10 Å². The topological polar surface area (TPSA) is 46.5 Å². The molecule has 0 spiro atoms. The van der Waals surface area contributed by atoms with Crippen LogP contribution in [0.25, 0.3) is 0 Å². The Hall–Kier alpha value is -1.58. The van der Waals surface area contributed by atoms with Gasteiger partial charge in [0, 0.05) is 11.1 Å². The van der Waals surface area contributed by atoms with Crippen molar-refractivity contribution in [2.45, 2.75) is 20.0 Å². The van der Waals surface area contributed by atoms with Crippen molar-refractivity contribution in [2.24, 2.45) is 0 Å². The summed E-state index contributed by atoms with van der Waals surface area (Å²) in [5.41, 5.74) is 1.33. The highest BCUT2D eigenvalue weighted by atomic mass is 35.5. The van der Waals surface area contributed by atoms with Gasteiger partial charge in [-0.1, -0.05) is 29.8 Å². The van der Waals surface area contributed by atoms with Crippen molar-refractivity contribution in [1.29, 1.82) is 0 Å². The molecule has 0 bridgehead atoms. The van der Waals surface area contributed by atoms with Gasteiger partial charge in [0.25, 0.3) is 0 Å². The van der Waals surface area contributed by atoms with E-state index < -0.39 is 12.1 Å². The monoisotopic (exact) mass is 280 g/mol. The minimum atomic E-state index is -0.798. The van der Waals surface area contributed by atoms with E-state index in [1.807, 2.05) is 0 Å². The Labute approximate surface area is 118 Å². The second-order valence-electron chi connectivity index (χ2n) is 3.83. The zero-order valence-electron chi connectivity index (χ0n) is 11.0. The molecule has 0 saturated carbocycles. The van der Waals surface area contributed by atoms with Gasteiger partial charge in [-0.25, -0.2) is 4.79 Å². The van der Waals surface area contributed by atoms with Crippen LogP contribution in [0.2, 0.25) is 5.02 Å². The lowest BCUT2D eigenvalue weighted by Gasteiger charge is -2.12. The molecule has 3 nitrogen and oxygen atoms in total. The standard InChI is InChI=1S/C15H17ClO3/c1-3-11(7-10-14(17)19-4-2)15(18)12-5-8-13(16)9-6-12/h3,5-10,15,18H,4H2,1-2H3/b10-7+,11-3-. The maximum Gasteiger partial charge on any atom is 0.330 e. The Bertz CT molecular complexity index is 475. The Morgan fingerprint density at radius 1 is 1.37 bits per heavy atom. The molecule has 102 valence electrons. The molecular weight excluding hydrogens is 264 g/mol. The number of esters is 1. The van der Waals surface area contributed by atoms with Crippen LogP contribution in [0.15, 0.2) is 48.1 Å². The first-order valence-electron chi connectivity index (χ1n) is 6.03. The largest absolute Gasteiger partial charge is 0.463 e. The van der Waals surface area contributed by atoms with Crippen LogP contribution in [0.5, 0.6) is 0 Å². The van der Waals surface area contributed by atoms with Gasteiger partial charge in [0.2, 0.25) is 0 Å². The highest BCUT2D eigenvalue weighted by Crippen LogP contribution is 2.23. The maximum absolute atomic E-state index is 11.2. The van der Waals surface area contributed by atoms with E-state index in [9.17, 15) is 9.90 Å². The normalized spacial score (nSPS) is 13.6. The van der Waals surface area contributed by atoms with Crippen LogP contribution in [-0.4, -0.2) is 17.7 Å². The van der Waals surface area contributed by atoms with Gasteiger partial charge >= 0.3 is 5.97 Å². The van der Waals surface area contributed by atoms with Crippen LogP contribution in [-0.2, 0) is 9.53 Å². The first kappa shape index (κ1) is 15.5. The van der Waals surface area contributed by atoms with E-state index in [4.69, 9.17) is 16.3 Å². The molecule has 0 aliphatic heterocycles. The fourth-order valence-electron chi connectivity index (χ4n) is 1.54. The Morgan fingerprint density at radius 3 is 2.53 bits per heavy atom. The summed E-state index contributed by atoms with van der Waals surface area (Å²) in [7, 11) is 0. The van der Waals surface area contributed by atoms with Crippen molar-refractivity contribution in [3.8, 4) is 0 Å². The minimum absolute atomic E-state index is 0.327. The summed E-state index contributed by atoms with van der Waals surface area (Å²) in [6.07, 6.45) is 3.80. The molecule has 0 saturated heterocycles. The second kappa shape index (κ2) is 7.77. The lowest BCUT2D eigenvalue weighted by atomic mass is 10.0. The lowest BCUT2D eigenvalue weighted by Crippen LogP contribution is -2.02. The first-order valence-corrected chi connectivity index (χ1v) is 6.40. The molecule has 0 aliphatic carbocycles. The maximum atomic E-state index is 11.2. The number of aliphatic hydroxyl groups excluding tert-OH is 1. The highest BCUT2D eigenvalue weighted by molar-refractivity contribution is 6.30. The van der Waals surface area contributed by atoms with Crippen LogP contribution in [0, 0.1) is 0 Å². The third-order valence-corrected chi connectivity index (χ3v) is 2.79. The molecule has 0 radical (unpaired) electrons. The first-order chi connectivity index (χ1) is 9.08. The van der Waals surface area contributed by atoms with Gasteiger partial charge in [-0.3, -0.25) is 0 Å². The van der Waals surface area contributed by atoms with E-state index in [0.717, 1.165) is 0 Å². The predicted octanol–water partition coefficient (Wildman–Crippen LogP) is 3.44. The van der Waals surface area contributed by atoms with Crippen LogP contribution < -0.4 is 0 Å². The van der Waals surface area contributed by atoms with Crippen molar-refractivity contribution in [3.63, 3.8) is 0 Å². The SMILES string of the molecule is C/C=C(/C=C/C(=O)OCC)C(O)c1ccc(Cl)cc1. The number of carbonyl (C=O) groups excluding carboxylic acids is 1. The van der Waals surface area contributed by atoms with E-state index in [1.54, 1.807) is 50.3 Å². The molecule has 1 unspecified atom stereocenters. The quantitative estimate of drug-likeness (QED) is 0.510. The number of carbonyl (C=O) groups is 1. The molecule has 0 aromatic heterocycles. The lowest BCUT2D eigenvalue weighted by molar-refractivity contribution is -0.137. The number of halogens is 1. The van der Waals surface area contributed by atoms with E-state index >= 15 is 0 Å². The average Bonchev–Trinajstić information content (AvgIpc) is 2.40. The number of rotatable bonds is 5. The molecular formula is C15H17ClO3. The Balaban J connectivity index is 2.80. The van der Waals surface area contributed by atoms with Gasteiger partial charge < -0.3 is 9.84 Å². The summed E-state index contributed by atoms with van der Waals surface area (Å²) in [4.78, 5) is 11.2. The van der Waals surface area contributed by atoms with Crippen LogP contribution >= 0.6 is 11.6 Å². The molecule has 1 atom stereocenters. The van der Waals surface area contributed by atoms with Crippen LogP contribution in [0.3, 0.4) is 0 Å². The molecule has 1 aromatic carbocycles. The fraction of sp³-hybridized carbons (Fsp3) is 0.267. The zero-order chi connectivity index (χ0) is 14.3. The van der Waals surface area contributed by atoms with E-state index in [0.29, 0.717) is 22.8 Å². The van der Waals surface area contributed by atoms with Crippen molar-refractivity contribution in [1.82, 2.24) is 0 Å². The summed E-state index contributed by atoms with van der Waals surface area (Å²) in [5, 5.41) is 10.8. The summed E-state index contributed by atoms with van der Waals surface area (Å²) < 4.78 is 4.79. The van der Waals surface area contributed by atoms with Crippen molar-refractivity contribution in [2.75, 3.05) is 6.61 Å². The zero-order valence-corrected chi connectivity index (χ0v) is 11.7. The van der Waals surface area contributed by atoms with Gasteiger partial charge in [0.15, 0.2) is 0 Å². The van der Waals surface area contributed by atoms with Crippen molar-refractivity contribution >= 4 is 17.6 Å². The number of allylic oxidation sites excluding steroid dienone is 1. The summed E-state index contributed by atoms with van der Waals surface area (Å²) in [5.74, 6) is -0.426. The number of aliphatic hydroxyl groups is 1. The molecule has 4 heteroatoms. The molecule has 0 amide bonds. The van der Waals surface area contributed by atoms with Crippen molar-refractivity contribution in [3.05, 3.63) is 58.7 Å². The van der Waals surface area contributed by atoms with Crippen LogP contribution in [0.1, 0.15) is 25.5 Å². The molecule has 0 aliphatic rings. The summed E-state index contributed by atoms with van der Waals surface area (Å²) in [6.45, 7) is 3.86. The number of ether oxygens (including phenoxy) is 1. The third kappa shape index (κ3) is 4.89.